The molecule has 0 aliphatic rings. The molecular formula is C13H24N4O. The van der Waals surface area contributed by atoms with E-state index in [1.54, 1.807) is 12.5 Å². The van der Waals surface area contributed by atoms with Crippen LogP contribution in [0.2, 0.25) is 0 Å². The Morgan fingerprint density at radius 3 is 2.50 bits per heavy atom. The van der Waals surface area contributed by atoms with Gasteiger partial charge in [0.25, 0.3) is 0 Å². The topological polar surface area (TPSA) is 59.0 Å². The van der Waals surface area contributed by atoms with Crippen molar-refractivity contribution in [3.8, 4) is 0 Å². The summed E-state index contributed by atoms with van der Waals surface area (Å²) < 4.78 is 1.91. The molecule has 5 heteroatoms. The molecule has 0 bridgehead atoms. The molecule has 0 fully saturated rings. The molecule has 2 N–H and O–H groups in total. The van der Waals surface area contributed by atoms with E-state index in [1.807, 2.05) is 25.3 Å². The zero-order valence-corrected chi connectivity index (χ0v) is 11.9. The average Bonchev–Trinajstić information content (AvgIpc) is 2.72. The van der Waals surface area contributed by atoms with Gasteiger partial charge in [0.15, 0.2) is 0 Å². The average molecular weight is 252 g/mol. The Balaban J connectivity index is 2.70. The molecule has 0 aliphatic heterocycles. The monoisotopic (exact) mass is 252 g/mol. The van der Waals surface area contributed by atoms with E-state index >= 15 is 0 Å². The van der Waals surface area contributed by atoms with Crippen molar-refractivity contribution in [2.45, 2.75) is 59.3 Å². The maximum absolute atomic E-state index is 12.0. The first-order valence-corrected chi connectivity index (χ1v) is 6.46. The first-order chi connectivity index (χ1) is 8.41. The number of nitrogens with zero attached hydrogens (tertiary/aromatic N) is 2. The minimum atomic E-state index is -0.237. The normalized spacial score (nSPS) is 13.1. The molecule has 0 radical (unpaired) electrons. The highest BCUT2D eigenvalue weighted by Gasteiger charge is 2.17. The molecule has 1 heterocycles. The van der Waals surface area contributed by atoms with Crippen molar-refractivity contribution in [3.05, 3.63) is 18.2 Å². The lowest BCUT2D eigenvalue weighted by atomic mass is 10.2. The van der Waals surface area contributed by atoms with E-state index in [9.17, 15) is 4.79 Å². The van der Waals surface area contributed by atoms with Gasteiger partial charge in [-0.25, -0.2) is 4.98 Å². The van der Waals surface area contributed by atoms with Crippen molar-refractivity contribution in [1.82, 2.24) is 20.2 Å². The molecule has 1 aromatic heterocycles. The van der Waals surface area contributed by atoms with Gasteiger partial charge in [-0.05, 0) is 20.8 Å². The highest BCUT2D eigenvalue weighted by molar-refractivity contribution is 5.80. The zero-order valence-electron chi connectivity index (χ0n) is 11.9. The van der Waals surface area contributed by atoms with Gasteiger partial charge in [0.2, 0.25) is 5.91 Å². The van der Waals surface area contributed by atoms with Crippen molar-refractivity contribution in [2.75, 3.05) is 0 Å². The number of amides is 1. The molecule has 1 atom stereocenters. The number of rotatable bonds is 6. The molecule has 1 unspecified atom stereocenters. The quantitative estimate of drug-likeness (QED) is 0.806. The van der Waals surface area contributed by atoms with Crippen LogP contribution in [0.3, 0.4) is 0 Å². The van der Waals surface area contributed by atoms with Crippen LogP contribution in [-0.4, -0.2) is 27.5 Å². The van der Waals surface area contributed by atoms with Crippen LogP contribution in [0.4, 0.5) is 0 Å². The van der Waals surface area contributed by atoms with Gasteiger partial charge in [-0.3, -0.25) is 4.79 Å². The van der Waals surface area contributed by atoms with Gasteiger partial charge in [0.05, 0.1) is 12.0 Å². The Morgan fingerprint density at radius 1 is 1.28 bits per heavy atom. The molecule has 0 aromatic carbocycles. The van der Waals surface area contributed by atoms with Gasteiger partial charge < -0.3 is 15.2 Å². The minimum Gasteiger partial charge on any atom is -0.352 e. The van der Waals surface area contributed by atoms with E-state index in [1.165, 1.54) is 0 Å². The van der Waals surface area contributed by atoms with Gasteiger partial charge in [-0.15, -0.1) is 0 Å². The SMILES string of the molecule is CC(C)NCc1cncn1C(C)C(=O)NC(C)C. The summed E-state index contributed by atoms with van der Waals surface area (Å²) >= 11 is 0. The fourth-order valence-electron chi connectivity index (χ4n) is 1.66. The second-order valence-electron chi connectivity index (χ2n) is 5.17. The summed E-state index contributed by atoms with van der Waals surface area (Å²) in [4.78, 5) is 16.1. The van der Waals surface area contributed by atoms with E-state index in [0.29, 0.717) is 6.04 Å². The summed E-state index contributed by atoms with van der Waals surface area (Å²) in [5.74, 6) is 0.0220. The molecule has 0 saturated heterocycles. The van der Waals surface area contributed by atoms with Gasteiger partial charge in [0, 0.05) is 24.8 Å². The van der Waals surface area contributed by atoms with Gasteiger partial charge >= 0.3 is 0 Å². The molecule has 5 nitrogen and oxygen atoms in total. The smallest absolute Gasteiger partial charge is 0.243 e. The van der Waals surface area contributed by atoms with E-state index in [0.717, 1.165) is 12.2 Å². The summed E-state index contributed by atoms with van der Waals surface area (Å²) in [6.07, 6.45) is 3.51. The van der Waals surface area contributed by atoms with Crippen molar-refractivity contribution < 1.29 is 4.79 Å². The maximum atomic E-state index is 12.0. The Hall–Kier alpha value is -1.36. The van der Waals surface area contributed by atoms with Gasteiger partial charge in [-0.1, -0.05) is 13.8 Å². The summed E-state index contributed by atoms with van der Waals surface area (Å²) in [7, 11) is 0. The number of hydrogen-bond donors (Lipinski definition) is 2. The maximum Gasteiger partial charge on any atom is 0.243 e. The molecule has 0 spiro atoms. The van der Waals surface area contributed by atoms with Crippen molar-refractivity contribution in [3.63, 3.8) is 0 Å². The molecule has 1 rings (SSSR count). The molecule has 0 aliphatic carbocycles. The number of imidazole rings is 1. The zero-order chi connectivity index (χ0) is 13.7. The van der Waals surface area contributed by atoms with E-state index in [-0.39, 0.29) is 18.0 Å². The lowest BCUT2D eigenvalue weighted by molar-refractivity contribution is -0.124. The van der Waals surface area contributed by atoms with Crippen LogP contribution in [0.25, 0.3) is 0 Å². The van der Waals surface area contributed by atoms with Crippen LogP contribution in [-0.2, 0) is 11.3 Å². The summed E-state index contributed by atoms with van der Waals surface area (Å²) in [6.45, 7) is 10.7. The lowest BCUT2D eigenvalue weighted by Gasteiger charge is -2.18. The fraction of sp³-hybridized carbons (Fsp3) is 0.692. The van der Waals surface area contributed by atoms with Crippen LogP contribution < -0.4 is 10.6 Å². The molecule has 0 saturated carbocycles. The molecule has 18 heavy (non-hydrogen) atoms. The predicted octanol–water partition coefficient (Wildman–Crippen LogP) is 1.47. The van der Waals surface area contributed by atoms with Gasteiger partial charge in [-0.2, -0.15) is 0 Å². The second-order valence-corrected chi connectivity index (χ2v) is 5.17. The lowest BCUT2D eigenvalue weighted by Crippen LogP contribution is -2.36. The first kappa shape index (κ1) is 14.7. The Kier molecular flexibility index (Phi) is 5.34. The number of carbonyl (C=O) groups excluding carboxylic acids is 1. The first-order valence-electron chi connectivity index (χ1n) is 6.46. The molecular weight excluding hydrogens is 228 g/mol. The molecule has 1 amide bonds. The fourth-order valence-corrected chi connectivity index (χ4v) is 1.66. The van der Waals surface area contributed by atoms with E-state index < -0.39 is 0 Å². The number of carbonyl (C=O) groups is 1. The number of nitrogens with one attached hydrogen (secondary N) is 2. The van der Waals surface area contributed by atoms with E-state index in [4.69, 9.17) is 0 Å². The number of hydrogen-bond acceptors (Lipinski definition) is 3. The van der Waals surface area contributed by atoms with Crippen molar-refractivity contribution >= 4 is 5.91 Å². The van der Waals surface area contributed by atoms with Gasteiger partial charge in [0.1, 0.15) is 6.04 Å². The largest absolute Gasteiger partial charge is 0.352 e. The second kappa shape index (κ2) is 6.54. The third-order valence-corrected chi connectivity index (χ3v) is 2.67. The van der Waals surface area contributed by atoms with Crippen LogP contribution in [0.5, 0.6) is 0 Å². The standard InChI is InChI=1S/C13H24N4O/c1-9(2)15-7-12-6-14-8-17(12)11(5)13(18)16-10(3)4/h6,8-11,15H,7H2,1-5H3,(H,16,18). The summed E-state index contributed by atoms with van der Waals surface area (Å²) in [6, 6.07) is 0.327. The minimum absolute atomic E-state index is 0.0220. The van der Waals surface area contributed by atoms with Crippen LogP contribution in [0.15, 0.2) is 12.5 Å². The van der Waals surface area contributed by atoms with E-state index in [2.05, 4.69) is 29.5 Å². The van der Waals surface area contributed by atoms with Crippen LogP contribution >= 0.6 is 0 Å². The molecule has 102 valence electrons. The third-order valence-electron chi connectivity index (χ3n) is 2.67. The summed E-state index contributed by atoms with van der Waals surface area (Å²) in [5.41, 5.74) is 1.02. The van der Waals surface area contributed by atoms with Crippen molar-refractivity contribution in [2.24, 2.45) is 0 Å². The Bertz CT molecular complexity index is 384. The van der Waals surface area contributed by atoms with Crippen molar-refractivity contribution in [1.29, 1.82) is 0 Å². The van der Waals surface area contributed by atoms with Crippen LogP contribution in [0, 0.1) is 0 Å². The Labute approximate surface area is 109 Å². The summed E-state index contributed by atoms with van der Waals surface area (Å²) in [5, 5.41) is 6.25. The molecule has 1 aromatic rings. The van der Waals surface area contributed by atoms with Crippen LogP contribution in [0.1, 0.15) is 46.4 Å². The number of aromatic nitrogens is 2. The Morgan fingerprint density at radius 2 is 1.94 bits per heavy atom. The third kappa shape index (κ3) is 4.14. The highest BCUT2D eigenvalue weighted by atomic mass is 16.2. The highest BCUT2D eigenvalue weighted by Crippen LogP contribution is 2.10. The predicted molar refractivity (Wildman–Crippen MR) is 72.2 cm³/mol.